The van der Waals surface area contributed by atoms with Gasteiger partial charge >= 0.3 is 0 Å². The third kappa shape index (κ3) is 2.77. The van der Waals surface area contributed by atoms with Gasteiger partial charge in [0.15, 0.2) is 0 Å². The van der Waals surface area contributed by atoms with Crippen LogP contribution in [-0.2, 0) is 24.3 Å². The fourth-order valence-electron chi connectivity index (χ4n) is 3.91. The second-order valence-electron chi connectivity index (χ2n) is 7.02. The lowest BCUT2D eigenvalue weighted by atomic mass is 10.0. The van der Waals surface area contributed by atoms with Crippen LogP contribution in [0.2, 0.25) is 5.02 Å². The Labute approximate surface area is 165 Å². The molecule has 28 heavy (non-hydrogen) atoms. The molecule has 1 aliphatic heterocycles. The number of para-hydroxylation sites is 1. The normalized spacial score (nSPS) is 13.8. The van der Waals surface area contributed by atoms with Gasteiger partial charge in [-0.2, -0.15) is 5.10 Å². The first-order valence-corrected chi connectivity index (χ1v) is 9.49. The van der Waals surface area contributed by atoms with E-state index in [0.717, 1.165) is 28.6 Å². The van der Waals surface area contributed by atoms with E-state index in [1.807, 2.05) is 41.3 Å². The van der Waals surface area contributed by atoms with Crippen LogP contribution in [0.15, 0.2) is 53.5 Å². The Morgan fingerprint density at radius 3 is 2.93 bits per heavy atom. The van der Waals surface area contributed by atoms with Crippen molar-refractivity contribution in [3.8, 4) is 0 Å². The number of halogens is 1. The molecule has 0 saturated heterocycles. The van der Waals surface area contributed by atoms with Gasteiger partial charge in [-0.15, -0.1) is 0 Å². The summed E-state index contributed by atoms with van der Waals surface area (Å²) in [6.45, 7) is 1.27. The Kier molecular flexibility index (Phi) is 3.94. The van der Waals surface area contributed by atoms with Crippen molar-refractivity contribution in [3.05, 3.63) is 75.2 Å². The van der Waals surface area contributed by atoms with Gasteiger partial charge in [-0.25, -0.2) is 0 Å². The first-order chi connectivity index (χ1) is 13.6. The number of rotatable bonds is 2. The van der Waals surface area contributed by atoms with Gasteiger partial charge < -0.3 is 9.88 Å². The van der Waals surface area contributed by atoms with Gasteiger partial charge in [0.05, 0.1) is 11.7 Å². The lowest BCUT2D eigenvalue weighted by Crippen LogP contribution is -2.38. The topological polar surface area (TPSA) is 71.0 Å². The molecule has 4 aromatic rings. The molecule has 140 valence electrons. The SMILES string of the molecule is O=C(Cn1ncc(=O)c2ccccc21)N1CCc2[nH]c3ccc(Cl)cc3c2C1. The molecule has 0 radical (unpaired) electrons. The van der Waals surface area contributed by atoms with E-state index in [9.17, 15) is 9.59 Å². The maximum atomic E-state index is 13.0. The van der Waals surface area contributed by atoms with E-state index in [2.05, 4.69) is 10.1 Å². The number of aromatic nitrogens is 3. The molecule has 0 atom stereocenters. The molecular formula is C21H17ClN4O2. The van der Waals surface area contributed by atoms with Gasteiger partial charge in [-0.3, -0.25) is 14.3 Å². The van der Waals surface area contributed by atoms with Crippen LogP contribution in [0.4, 0.5) is 0 Å². The van der Waals surface area contributed by atoms with Crippen molar-refractivity contribution in [1.29, 1.82) is 0 Å². The number of fused-ring (bicyclic) bond motifs is 4. The summed E-state index contributed by atoms with van der Waals surface area (Å²) in [4.78, 5) is 30.2. The van der Waals surface area contributed by atoms with Crippen LogP contribution in [0.1, 0.15) is 11.3 Å². The van der Waals surface area contributed by atoms with Crippen LogP contribution in [0.25, 0.3) is 21.8 Å². The molecule has 5 rings (SSSR count). The van der Waals surface area contributed by atoms with Crippen LogP contribution in [0.5, 0.6) is 0 Å². The highest BCUT2D eigenvalue weighted by Crippen LogP contribution is 2.29. The Morgan fingerprint density at radius 2 is 2.04 bits per heavy atom. The van der Waals surface area contributed by atoms with E-state index in [1.165, 1.54) is 6.20 Å². The molecule has 2 aromatic heterocycles. The average molecular weight is 393 g/mol. The minimum atomic E-state index is -0.141. The van der Waals surface area contributed by atoms with Crippen LogP contribution < -0.4 is 5.43 Å². The summed E-state index contributed by atoms with van der Waals surface area (Å²) in [6, 6.07) is 13.0. The molecule has 0 aliphatic carbocycles. The third-order valence-corrected chi connectivity index (χ3v) is 5.57. The Bertz CT molecular complexity index is 1290. The monoisotopic (exact) mass is 392 g/mol. The van der Waals surface area contributed by atoms with Crippen molar-refractivity contribution in [2.75, 3.05) is 6.54 Å². The number of nitrogens with zero attached hydrogens (tertiary/aromatic N) is 3. The van der Waals surface area contributed by atoms with E-state index in [0.29, 0.717) is 29.0 Å². The van der Waals surface area contributed by atoms with Crippen molar-refractivity contribution in [1.82, 2.24) is 19.7 Å². The van der Waals surface area contributed by atoms with Gasteiger partial charge in [0, 0.05) is 52.1 Å². The summed E-state index contributed by atoms with van der Waals surface area (Å²) < 4.78 is 1.60. The van der Waals surface area contributed by atoms with Crippen molar-refractivity contribution in [2.24, 2.45) is 0 Å². The van der Waals surface area contributed by atoms with Crippen molar-refractivity contribution < 1.29 is 4.79 Å². The molecule has 1 N–H and O–H groups in total. The first kappa shape index (κ1) is 17.0. The summed E-state index contributed by atoms with van der Waals surface area (Å²) in [5.41, 5.74) is 3.84. The highest BCUT2D eigenvalue weighted by Gasteiger charge is 2.24. The molecule has 2 aromatic carbocycles. The van der Waals surface area contributed by atoms with Crippen LogP contribution in [-0.4, -0.2) is 32.1 Å². The van der Waals surface area contributed by atoms with Gasteiger partial charge in [0.2, 0.25) is 11.3 Å². The molecule has 0 spiro atoms. The average Bonchev–Trinajstić information content (AvgIpc) is 3.07. The molecule has 3 heterocycles. The van der Waals surface area contributed by atoms with Crippen molar-refractivity contribution in [2.45, 2.75) is 19.5 Å². The minimum absolute atomic E-state index is 0.0247. The Morgan fingerprint density at radius 1 is 1.18 bits per heavy atom. The van der Waals surface area contributed by atoms with Crippen molar-refractivity contribution >= 4 is 39.3 Å². The zero-order chi connectivity index (χ0) is 19.3. The largest absolute Gasteiger partial charge is 0.358 e. The van der Waals surface area contributed by atoms with Gasteiger partial charge in [-0.1, -0.05) is 23.7 Å². The summed E-state index contributed by atoms with van der Waals surface area (Å²) in [7, 11) is 0. The fraction of sp³-hybridized carbons (Fsp3) is 0.190. The number of nitrogens with one attached hydrogen (secondary N) is 1. The van der Waals surface area contributed by atoms with Gasteiger partial charge in [-0.05, 0) is 30.3 Å². The van der Waals surface area contributed by atoms with E-state index in [-0.39, 0.29) is 17.9 Å². The number of hydrogen-bond acceptors (Lipinski definition) is 3. The summed E-state index contributed by atoms with van der Waals surface area (Å²) in [6.07, 6.45) is 2.04. The number of carbonyl (C=O) groups is 1. The number of amides is 1. The van der Waals surface area contributed by atoms with E-state index in [1.54, 1.807) is 10.7 Å². The van der Waals surface area contributed by atoms with E-state index < -0.39 is 0 Å². The second kappa shape index (κ2) is 6.49. The van der Waals surface area contributed by atoms with Crippen molar-refractivity contribution in [3.63, 3.8) is 0 Å². The molecular weight excluding hydrogens is 376 g/mol. The highest BCUT2D eigenvalue weighted by atomic mass is 35.5. The number of aromatic amines is 1. The molecule has 1 aliphatic rings. The number of hydrogen-bond donors (Lipinski definition) is 1. The molecule has 6 nitrogen and oxygen atoms in total. The summed E-state index contributed by atoms with van der Waals surface area (Å²) in [5, 5.41) is 6.48. The molecule has 0 bridgehead atoms. The number of benzene rings is 2. The molecule has 1 amide bonds. The zero-order valence-corrected chi connectivity index (χ0v) is 15.7. The third-order valence-electron chi connectivity index (χ3n) is 5.34. The van der Waals surface area contributed by atoms with Gasteiger partial charge in [0.25, 0.3) is 0 Å². The molecule has 0 unspecified atom stereocenters. The molecule has 0 saturated carbocycles. The quantitative estimate of drug-likeness (QED) is 0.569. The van der Waals surface area contributed by atoms with Gasteiger partial charge in [0.1, 0.15) is 6.54 Å². The Balaban J connectivity index is 1.45. The van der Waals surface area contributed by atoms with E-state index in [4.69, 9.17) is 11.6 Å². The first-order valence-electron chi connectivity index (χ1n) is 9.12. The fourth-order valence-corrected chi connectivity index (χ4v) is 4.09. The number of carbonyl (C=O) groups excluding carboxylic acids is 1. The summed E-state index contributed by atoms with van der Waals surface area (Å²) in [5.74, 6) is -0.0247. The maximum Gasteiger partial charge on any atom is 0.244 e. The predicted molar refractivity (Wildman–Crippen MR) is 108 cm³/mol. The van der Waals surface area contributed by atoms with Crippen LogP contribution in [0, 0.1) is 0 Å². The van der Waals surface area contributed by atoms with E-state index >= 15 is 0 Å². The predicted octanol–water partition coefficient (Wildman–Crippen LogP) is 3.12. The lowest BCUT2D eigenvalue weighted by Gasteiger charge is -2.27. The maximum absolute atomic E-state index is 13.0. The van der Waals surface area contributed by atoms with Crippen LogP contribution >= 0.6 is 11.6 Å². The minimum Gasteiger partial charge on any atom is -0.358 e. The number of H-pyrrole nitrogens is 1. The highest BCUT2D eigenvalue weighted by molar-refractivity contribution is 6.31. The molecule has 7 heteroatoms. The summed E-state index contributed by atoms with van der Waals surface area (Å²) >= 11 is 6.16. The molecule has 0 fully saturated rings. The smallest absolute Gasteiger partial charge is 0.244 e. The standard InChI is InChI=1S/C21H17ClN4O2/c22-13-5-6-17-15(9-13)16-11-25(8-7-18(16)24-17)21(28)12-26-19-4-2-1-3-14(19)20(27)10-23-26/h1-6,9-10,24H,7-8,11-12H2. The zero-order valence-electron chi connectivity index (χ0n) is 15.0. The van der Waals surface area contributed by atoms with Crippen LogP contribution in [0.3, 0.4) is 0 Å². The second-order valence-corrected chi connectivity index (χ2v) is 7.46. The lowest BCUT2D eigenvalue weighted by molar-refractivity contribution is -0.132. The Hall–Kier alpha value is -3.12.